The number of nitrogens with two attached hydrogens (primary N) is 1. The summed E-state index contributed by atoms with van der Waals surface area (Å²) in [6.45, 7) is 2.15. The van der Waals surface area contributed by atoms with Crippen molar-refractivity contribution in [3.63, 3.8) is 0 Å². The molecule has 0 amide bonds. The summed E-state index contributed by atoms with van der Waals surface area (Å²) < 4.78 is 0.706. The Kier molecular flexibility index (Phi) is 2.58. The first-order valence-electron chi connectivity index (χ1n) is 4.71. The molecule has 0 unspecified atom stereocenters. The molecule has 0 aromatic carbocycles. The van der Waals surface area contributed by atoms with E-state index in [-0.39, 0.29) is 0 Å². The third-order valence-electron chi connectivity index (χ3n) is 2.46. The van der Waals surface area contributed by atoms with Crippen molar-refractivity contribution in [3.8, 4) is 0 Å². The summed E-state index contributed by atoms with van der Waals surface area (Å²) >= 11 is 3.27. The Labute approximate surface area is 91.4 Å². The average molecular weight is 257 g/mol. The van der Waals surface area contributed by atoms with Gasteiger partial charge in [-0.3, -0.25) is 0 Å². The Bertz CT molecular complexity index is 338. The molecular formula is C9H13BrN4. The van der Waals surface area contributed by atoms with Gasteiger partial charge in [0, 0.05) is 6.04 Å². The molecule has 0 spiro atoms. The van der Waals surface area contributed by atoms with Crippen molar-refractivity contribution in [2.45, 2.75) is 25.8 Å². The van der Waals surface area contributed by atoms with Crippen molar-refractivity contribution < 1.29 is 0 Å². The van der Waals surface area contributed by atoms with Crippen LogP contribution in [0.1, 0.15) is 19.8 Å². The second-order valence-electron chi connectivity index (χ2n) is 3.70. The minimum Gasteiger partial charge on any atom is -0.381 e. The highest BCUT2D eigenvalue weighted by Crippen LogP contribution is 2.34. The van der Waals surface area contributed by atoms with Crippen LogP contribution in [0, 0.1) is 5.92 Å². The van der Waals surface area contributed by atoms with Gasteiger partial charge in [0.2, 0.25) is 0 Å². The van der Waals surface area contributed by atoms with Gasteiger partial charge in [-0.15, -0.1) is 0 Å². The molecular weight excluding hydrogens is 244 g/mol. The zero-order valence-electron chi connectivity index (χ0n) is 8.00. The van der Waals surface area contributed by atoms with E-state index in [1.54, 1.807) is 6.20 Å². The number of hydrogen-bond acceptors (Lipinski definition) is 4. The fourth-order valence-corrected chi connectivity index (χ4v) is 1.69. The summed E-state index contributed by atoms with van der Waals surface area (Å²) in [5, 5.41) is 3.28. The van der Waals surface area contributed by atoms with Crippen molar-refractivity contribution in [1.82, 2.24) is 9.97 Å². The van der Waals surface area contributed by atoms with E-state index in [1.165, 1.54) is 12.8 Å². The van der Waals surface area contributed by atoms with Crippen molar-refractivity contribution >= 4 is 27.6 Å². The van der Waals surface area contributed by atoms with Crippen molar-refractivity contribution in [1.29, 1.82) is 0 Å². The molecule has 1 aromatic heterocycles. The monoisotopic (exact) mass is 256 g/mol. The highest BCUT2D eigenvalue weighted by atomic mass is 79.9. The standard InChI is InChI=1S/C9H13BrN4/c1-5(6-2-3-6)13-9-8(11)12-4-7(10)14-9/h4-6H,2-3H2,1H3,(H2,11,12)(H,13,14)/t5-/m0/s1. The molecule has 1 aromatic rings. The van der Waals surface area contributed by atoms with E-state index < -0.39 is 0 Å². The Balaban J connectivity index is 2.10. The Morgan fingerprint density at radius 3 is 3.00 bits per heavy atom. The first-order chi connectivity index (χ1) is 6.66. The largest absolute Gasteiger partial charge is 0.381 e. The molecule has 2 rings (SSSR count). The first kappa shape index (κ1) is 9.71. The van der Waals surface area contributed by atoms with Crippen molar-refractivity contribution in [2.24, 2.45) is 5.92 Å². The van der Waals surface area contributed by atoms with Gasteiger partial charge in [0.1, 0.15) is 4.60 Å². The number of nitrogens with one attached hydrogen (secondary N) is 1. The lowest BCUT2D eigenvalue weighted by molar-refractivity contribution is 0.690. The second kappa shape index (κ2) is 3.73. The number of rotatable bonds is 3. The molecule has 3 N–H and O–H groups in total. The van der Waals surface area contributed by atoms with Gasteiger partial charge in [-0.05, 0) is 41.6 Å². The molecule has 0 saturated heterocycles. The lowest BCUT2D eigenvalue weighted by Crippen LogP contribution is -2.19. The normalized spacial score (nSPS) is 17.9. The third kappa shape index (κ3) is 2.15. The van der Waals surface area contributed by atoms with Crippen molar-refractivity contribution in [3.05, 3.63) is 10.8 Å². The van der Waals surface area contributed by atoms with E-state index in [0.717, 1.165) is 5.92 Å². The zero-order chi connectivity index (χ0) is 10.1. The molecule has 0 bridgehead atoms. The summed E-state index contributed by atoms with van der Waals surface area (Å²) in [4.78, 5) is 8.26. The van der Waals surface area contributed by atoms with Crippen LogP contribution >= 0.6 is 15.9 Å². The molecule has 1 saturated carbocycles. The maximum absolute atomic E-state index is 5.70. The summed E-state index contributed by atoms with van der Waals surface area (Å²) in [5.41, 5.74) is 5.70. The van der Waals surface area contributed by atoms with E-state index >= 15 is 0 Å². The van der Waals surface area contributed by atoms with Crippen LogP contribution in [-0.2, 0) is 0 Å². The highest BCUT2D eigenvalue weighted by Gasteiger charge is 2.28. The molecule has 5 heteroatoms. The number of nitrogen functional groups attached to an aromatic ring is 1. The summed E-state index contributed by atoms with van der Waals surface area (Å²) in [5.74, 6) is 1.91. The molecule has 1 heterocycles. The maximum atomic E-state index is 5.70. The zero-order valence-corrected chi connectivity index (χ0v) is 9.58. The van der Waals surface area contributed by atoms with Crippen LogP contribution in [0.15, 0.2) is 10.8 Å². The van der Waals surface area contributed by atoms with Gasteiger partial charge >= 0.3 is 0 Å². The third-order valence-corrected chi connectivity index (χ3v) is 2.85. The topological polar surface area (TPSA) is 63.8 Å². The Morgan fingerprint density at radius 1 is 1.64 bits per heavy atom. The average Bonchev–Trinajstić information content (AvgIpc) is 2.94. The lowest BCUT2D eigenvalue weighted by Gasteiger charge is -2.14. The number of anilines is 2. The van der Waals surface area contributed by atoms with Gasteiger partial charge in [-0.2, -0.15) is 0 Å². The highest BCUT2D eigenvalue weighted by molar-refractivity contribution is 9.10. The molecule has 4 nitrogen and oxygen atoms in total. The predicted molar refractivity (Wildman–Crippen MR) is 60.0 cm³/mol. The minimum atomic E-state index is 0.431. The van der Waals surface area contributed by atoms with Gasteiger partial charge in [-0.1, -0.05) is 0 Å². The van der Waals surface area contributed by atoms with Crippen LogP contribution in [0.5, 0.6) is 0 Å². The summed E-state index contributed by atoms with van der Waals surface area (Å²) in [6.07, 6.45) is 4.20. The van der Waals surface area contributed by atoms with Crippen LogP contribution in [0.2, 0.25) is 0 Å². The van der Waals surface area contributed by atoms with Crippen LogP contribution in [0.25, 0.3) is 0 Å². The van der Waals surface area contributed by atoms with Gasteiger partial charge in [0.15, 0.2) is 11.6 Å². The molecule has 1 aliphatic carbocycles. The Hall–Kier alpha value is -0.840. The second-order valence-corrected chi connectivity index (χ2v) is 4.51. The van der Waals surface area contributed by atoms with Crippen LogP contribution in [0.4, 0.5) is 11.6 Å². The van der Waals surface area contributed by atoms with Crippen molar-refractivity contribution in [2.75, 3.05) is 11.1 Å². The summed E-state index contributed by atoms with van der Waals surface area (Å²) in [7, 11) is 0. The van der Waals surface area contributed by atoms with Crippen LogP contribution in [-0.4, -0.2) is 16.0 Å². The van der Waals surface area contributed by atoms with Crippen LogP contribution in [0.3, 0.4) is 0 Å². The maximum Gasteiger partial charge on any atom is 0.170 e. The predicted octanol–water partition coefficient (Wildman–Crippen LogP) is 2.03. The van der Waals surface area contributed by atoms with E-state index in [0.29, 0.717) is 22.3 Å². The Morgan fingerprint density at radius 2 is 2.36 bits per heavy atom. The lowest BCUT2D eigenvalue weighted by atomic mass is 10.2. The molecule has 1 aliphatic rings. The molecule has 1 atom stereocenters. The van der Waals surface area contributed by atoms with Gasteiger partial charge in [-0.25, -0.2) is 9.97 Å². The fraction of sp³-hybridized carbons (Fsp3) is 0.556. The summed E-state index contributed by atoms with van der Waals surface area (Å²) in [6, 6.07) is 0.431. The smallest absolute Gasteiger partial charge is 0.170 e. The first-order valence-corrected chi connectivity index (χ1v) is 5.50. The molecule has 14 heavy (non-hydrogen) atoms. The SMILES string of the molecule is C[C@H](Nc1nc(Br)cnc1N)C1CC1. The van der Waals surface area contributed by atoms with Crippen LogP contribution < -0.4 is 11.1 Å². The molecule has 76 valence electrons. The van der Waals surface area contributed by atoms with Gasteiger partial charge < -0.3 is 11.1 Å². The molecule has 0 aliphatic heterocycles. The minimum absolute atomic E-state index is 0.431. The van der Waals surface area contributed by atoms with E-state index in [2.05, 4.69) is 38.1 Å². The quantitative estimate of drug-likeness (QED) is 0.869. The number of nitrogens with zero attached hydrogens (tertiary/aromatic N) is 2. The number of halogens is 1. The van der Waals surface area contributed by atoms with Gasteiger partial charge in [0.05, 0.1) is 6.20 Å². The molecule has 1 fully saturated rings. The molecule has 0 radical (unpaired) electrons. The van der Waals surface area contributed by atoms with E-state index in [9.17, 15) is 0 Å². The van der Waals surface area contributed by atoms with Gasteiger partial charge in [0.25, 0.3) is 0 Å². The number of aromatic nitrogens is 2. The van der Waals surface area contributed by atoms with E-state index in [1.807, 2.05) is 0 Å². The fourth-order valence-electron chi connectivity index (χ4n) is 1.41. The van der Waals surface area contributed by atoms with E-state index in [4.69, 9.17) is 5.73 Å². The number of hydrogen-bond donors (Lipinski definition) is 2.